The molecule has 20 heavy (non-hydrogen) atoms. The van der Waals surface area contributed by atoms with Gasteiger partial charge < -0.3 is 20.5 Å². The lowest BCUT2D eigenvalue weighted by molar-refractivity contribution is -0.134. The van der Waals surface area contributed by atoms with Gasteiger partial charge in [-0.1, -0.05) is 0 Å². The second-order valence-electron chi connectivity index (χ2n) is 5.01. The van der Waals surface area contributed by atoms with Gasteiger partial charge in [0.05, 0.1) is 0 Å². The third-order valence-corrected chi connectivity index (χ3v) is 3.31. The summed E-state index contributed by atoms with van der Waals surface area (Å²) in [5, 5.41) is 2.83. The van der Waals surface area contributed by atoms with Crippen molar-refractivity contribution >= 4 is 17.5 Å². The van der Waals surface area contributed by atoms with E-state index in [0.717, 1.165) is 0 Å². The zero-order chi connectivity index (χ0) is 14.7. The lowest BCUT2D eigenvalue weighted by atomic mass is 10.1. The summed E-state index contributed by atoms with van der Waals surface area (Å²) in [4.78, 5) is 36.4. The number of hydrogen-bond donors (Lipinski definition) is 2. The van der Waals surface area contributed by atoms with Gasteiger partial charge in [-0.2, -0.15) is 0 Å². The molecule has 3 N–H and O–H groups in total. The van der Waals surface area contributed by atoms with Crippen LogP contribution in [0.1, 0.15) is 12.8 Å². The number of nitrogen functional groups attached to an aromatic ring is 1. The van der Waals surface area contributed by atoms with Crippen molar-refractivity contribution in [1.29, 1.82) is 0 Å². The molecule has 7 heteroatoms. The van der Waals surface area contributed by atoms with Crippen molar-refractivity contribution in [2.45, 2.75) is 25.4 Å². The van der Waals surface area contributed by atoms with E-state index in [1.54, 1.807) is 11.9 Å². The van der Waals surface area contributed by atoms with Crippen LogP contribution in [0.4, 0.5) is 5.69 Å². The maximum absolute atomic E-state index is 11.9. The number of pyridine rings is 1. The number of hydrogen-bond acceptors (Lipinski definition) is 4. The van der Waals surface area contributed by atoms with E-state index in [9.17, 15) is 14.4 Å². The van der Waals surface area contributed by atoms with E-state index in [0.29, 0.717) is 25.1 Å². The van der Waals surface area contributed by atoms with E-state index in [1.165, 1.54) is 22.9 Å². The average Bonchev–Trinajstić information content (AvgIpc) is 2.38. The van der Waals surface area contributed by atoms with Crippen molar-refractivity contribution in [2.24, 2.45) is 0 Å². The number of nitrogens with zero attached hydrogens (tertiary/aromatic N) is 2. The minimum absolute atomic E-state index is 0.0676. The summed E-state index contributed by atoms with van der Waals surface area (Å²) in [6.07, 6.45) is 2.50. The quantitative estimate of drug-likeness (QED) is 0.754. The number of likely N-dealkylation sites (tertiary alicyclic amines) is 1. The average molecular weight is 278 g/mol. The molecule has 1 aromatic rings. The fraction of sp³-hybridized carbons (Fsp3) is 0.462. The SMILES string of the molecule is CN1CC(NC(=O)Cn2cc(N)ccc2=O)CCC1=O. The summed E-state index contributed by atoms with van der Waals surface area (Å²) in [7, 11) is 1.71. The summed E-state index contributed by atoms with van der Waals surface area (Å²) >= 11 is 0. The highest BCUT2D eigenvalue weighted by Gasteiger charge is 2.23. The molecule has 2 rings (SSSR count). The molecule has 0 saturated carbocycles. The number of amides is 2. The summed E-state index contributed by atoms with van der Waals surface area (Å²) in [5.41, 5.74) is 5.74. The second kappa shape index (κ2) is 5.77. The second-order valence-corrected chi connectivity index (χ2v) is 5.01. The summed E-state index contributed by atoms with van der Waals surface area (Å²) in [5.74, 6) is -0.173. The Bertz CT molecular complexity index is 581. The molecule has 2 heterocycles. The van der Waals surface area contributed by atoms with Crippen LogP contribution in [0.2, 0.25) is 0 Å². The van der Waals surface area contributed by atoms with Gasteiger partial charge in [0.15, 0.2) is 0 Å². The number of nitrogens with one attached hydrogen (secondary N) is 1. The first kappa shape index (κ1) is 14.1. The van der Waals surface area contributed by atoms with E-state index >= 15 is 0 Å². The Labute approximate surface area is 116 Å². The Hall–Kier alpha value is -2.31. The molecule has 0 radical (unpaired) electrons. The van der Waals surface area contributed by atoms with Gasteiger partial charge in [0.2, 0.25) is 11.8 Å². The minimum atomic E-state index is -0.273. The largest absolute Gasteiger partial charge is 0.398 e. The number of carbonyl (C=O) groups excluding carboxylic acids is 2. The Morgan fingerprint density at radius 1 is 1.45 bits per heavy atom. The summed E-state index contributed by atoms with van der Waals surface area (Å²) in [6, 6.07) is 2.76. The van der Waals surface area contributed by atoms with Gasteiger partial charge in [0.1, 0.15) is 6.54 Å². The van der Waals surface area contributed by atoms with Gasteiger partial charge >= 0.3 is 0 Å². The van der Waals surface area contributed by atoms with Gasteiger partial charge in [-0.25, -0.2) is 0 Å². The van der Waals surface area contributed by atoms with E-state index in [2.05, 4.69) is 5.32 Å². The zero-order valence-electron chi connectivity index (χ0n) is 11.3. The molecule has 1 atom stereocenters. The number of likely N-dealkylation sites (N-methyl/N-ethyl adjacent to an activating group) is 1. The predicted octanol–water partition coefficient (Wildman–Crippen LogP) is -0.832. The highest BCUT2D eigenvalue weighted by atomic mass is 16.2. The molecule has 1 aliphatic heterocycles. The van der Waals surface area contributed by atoms with Gasteiger partial charge in [0.25, 0.3) is 5.56 Å². The Kier molecular flexibility index (Phi) is 4.07. The van der Waals surface area contributed by atoms with Crippen molar-refractivity contribution in [2.75, 3.05) is 19.3 Å². The van der Waals surface area contributed by atoms with Crippen molar-refractivity contribution in [3.8, 4) is 0 Å². The van der Waals surface area contributed by atoms with Crippen LogP contribution in [-0.2, 0) is 16.1 Å². The summed E-state index contributed by atoms with van der Waals surface area (Å²) in [6.45, 7) is 0.425. The van der Waals surface area contributed by atoms with E-state index in [-0.39, 0.29) is 30.0 Å². The van der Waals surface area contributed by atoms with Crippen LogP contribution >= 0.6 is 0 Å². The number of piperidine rings is 1. The van der Waals surface area contributed by atoms with Crippen molar-refractivity contribution < 1.29 is 9.59 Å². The molecule has 1 aromatic heterocycles. The standard InChI is InChI=1S/C13H18N4O3/c1-16-7-10(3-5-12(16)19)15-11(18)8-17-6-9(14)2-4-13(17)20/h2,4,6,10H,3,5,7-8,14H2,1H3,(H,15,18). The molecule has 1 fully saturated rings. The third-order valence-electron chi connectivity index (χ3n) is 3.31. The number of rotatable bonds is 3. The molecule has 0 aromatic carbocycles. The van der Waals surface area contributed by atoms with Crippen LogP contribution in [0.3, 0.4) is 0 Å². The number of nitrogens with two attached hydrogens (primary N) is 1. The normalized spacial score (nSPS) is 18.9. The topological polar surface area (TPSA) is 97.4 Å². The first-order valence-corrected chi connectivity index (χ1v) is 6.45. The molecule has 7 nitrogen and oxygen atoms in total. The summed E-state index contributed by atoms with van der Waals surface area (Å²) < 4.78 is 1.27. The van der Waals surface area contributed by atoms with Crippen LogP contribution in [-0.4, -0.2) is 40.9 Å². The van der Waals surface area contributed by atoms with Crippen molar-refractivity contribution in [1.82, 2.24) is 14.8 Å². The molecular weight excluding hydrogens is 260 g/mol. The van der Waals surface area contributed by atoms with E-state index in [4.69, 9.17) is 5.73 Å². The molecule has 0 spiro atoms. The molecule has 1 saturated heterocycles. The lowest BCUT2D eigenvalue weighted by Gasteiger charge is -2.30. The predicted molar refractivity (Wildman–Crippen MR) is 73.9 cm³/mol. The highest BCUT2D eigenvalue weighted by Crippen LogP contribution is 2.09. The molecule has 1 unspecified atom stereocenters. The molecule has 0 aliphatic carbocycles. The molecular formula is C13H18N4O3. The maximum Gasteiger partial charge on any atom is 0.251 e. The Morgan fingerprint density at radius 3 is 2.90 bits per heavy atom. The van der Waals surface area contributed by atoms with Gasteiger partial charge in [-0.3, -0.25) is 14.4 Å². The molecule has 108 valence electrons. The highest BCUT2D eigenvalue weighted by molar-refractivity contribution is 5.78. The van der Waals surface area contributed by atoms with Crippen molar-refractivity contribution in [3.63, 3.8) is 0 Å². The molecule has 0 bridgehead atoms. The third kappa shape index (κ3) is 3.37. The molecule has 1 aliphatic rings. The number of aromatic nitrogens is 1. The van der Waals surface area contributed by atoms with Gasteiger partial charge in [0, 0.05) is 44.0 Å². The number of anilines is 1. The van der Waals surface area contributed by atoms with Crippen LogP contribution in [0.5, 0.6) is 0 Å². The van der Waals surface area contributed by atoms with Gasteiger partial charge in [-0.15, -0.1) is 0 Å². The fourth-order valence-electron chi connectivity index (χ4n) is 2.23. The van der Waals surface area contributed by atoms with E-state index < -0.39 is 0 Å². The van der Waals surface area contributed by atoms with Crippen LogP contribution in [0.25, 0.3) is 0 Å². The monoisotopic (exact) mass is 278 g/mol. The van der Waals surface area contributed by atoms with Crippen molar-refractivity contribution in [3.05, 3.63) is 28.7 Å². The Balaban J connectivity index is 1.94. The minimum Gasteiger partial charge on any atom is -0.398 e. The fourth-order valence-corrected chi connectivity index (χ4v) is 2.23. The smallest absolute Gasteiger partial charge is 0.251 e. The first-order chi connectivity index (χ1) is 9.45. The number of carbonyl (C=O) groups is 2. The van der Waals surface area contributed by atoms with Crippen LogP contribution < -0.4 is 16.6 Å². The maximum atomic E-state index is 11.9. The first-order valence-electron chi connectivity index (χ1n) is 6.45. The molecule has 2 amide bonds. The zero-order valence-corrected chi connectivity index (χ0v) is 11.3. The van der Waals surface area contributed by atoms with Crippen LogP contribution in [0, 0.1) is 0 Å². The van der Waals surface area contributed by atoms with Gasteiger partial charge in [-0.05, 0) is 12.5 Å². The van der Waals surface area contributed by atoms with E-state index in [1.807, 2.05) is 0 Å². The van der Waals surface area contributed by atoms with Crippen LogP contribution in [0.15, 0.2) is 23.1 Å². The lowest BCUT2D eigenvalue weighted by Crippen LogP contribution is -2.49. The Morgan fingerprint density at radius 2 is 2.20 bits per heavy atom.